The molecule has 0 atom stereocenters. The highest BCUT2D eigenvalue weighted by Crippen LogP contribution is 2.23. The average Bonchev–Trinajstić information content (AvgIpc) is 3.01. The number of hydrogen-bond donors (Lipinski definition) is 1. The normalized spacial score (nSPS) is 10.5. The molecular formula is C16H11ClFN3O. The molecule has 0 saturated heterocycles. The van der Waals surface area contributed by atoms with E-state index in [1.807, 2.05) is 30.3 Å². The summed E-state index contributed by atoms with van der Waals surface area (Å²) in [4.78, 5) is 12.2. The van der Waals surface area contributed by atoms with Crippen molar-refractivity contribution in [3.63, 3.8) is 0 Å². The van der Waals surface area contributed by atoms with E-state index in [-0.39, 0.29) is 10.9 Å². The summed E-state index contributed by atoms with van der Waals surface area (Å²) in [5, 5.41) is 6.92. The van der Waals surface area contributed by atoms with Crippen LogP contribution in [-0.4, -0.2) is 15.7 Å². The summed E-state index contributed by atoms with van der Waals surface area (Å²) in [6.07, 6.45) is 3.07. The predicted octanol–water partition coefficient (Wildman–Crippen LogP) is 3.92. The van der Waals surface area contributed by atoms with Crippen LogP contribution in [0, 0.1) is 5.82 Å². The lowest BCUT2D eigenvalue weighted by Gasteiger charge is -2.05. The summed E-state index contributed by atoms with van der Waals surface area (Å²) in [5.74, 6) is -0.824. The Morgan fingerprint density at radius 2 is 1.95 bits per heavy atom. The van der Waals surface area contributed by atoms with E-state index in [2.05, 4.69) is 10.4 Å². The van der Waals surface area contributed by atoms with Gasteiger partial charge in [0.15, 0.2) is 0 Å². The van der Waals surface area contributed by atoms with Gasteiger partial charge in [-0.1, -0.05) is 29.8 Å². The minimum absolute atomic E-state index is 0.142. The number of amides is 1. The van der Waals surface area contributed by atoms with Crippen LogP contribution in [0.25, 0.3) is 5.69 Å². The molecule has 0 aliphatic heterocycles. The summed E-state index contributed by atoms with van der Waals surface area (Å²) in [6.45, 7) is 0. The largest absolute Gasteiger partial charge is 0.321 e. The molecule has 0 spiro atoms. The highest BCUT2D eigenvalue weighted by Gasteiger charge is 2.11. The van der Waals surface area contributed by atoms with Gasteiger partial charge in [-0.3, -0.25) is 4.79 Å². The van der Waals surface area contributed by atoms with Crippen LogP contribution < -0.4 is 5.32 Å². The molecule has 0 saturated carbocycles. The molecule has 1 N–H and O–H groups in total. The molecule has 0 fully saturated rings. The van der Waals surface area contributed by atoms with E-state index in [0.29, 0.717) is 11.3 Å². The zero-order valence-electron chi connectivity index (χ0n) is 11.3. The molecular weight excluding hydrogens is 305 g/mol. The van der Waals surface area contributed by atoms with E-state index < -0.39 is 5.82 Å². The van der Waals surface area contributed by atoms with Gasteiger partial charge in [0.25, 0.3) is 5.91 Å². The fraction of sp³-hybridized carbons (Fsp3) is 0. The van der Waals surface area contributed by atoms with Crippen LogP contribution >= 0.6 is 11.6 Å². The van der Waals surface area contributed by atoms with Crippen molar-refractivity contribution in [3.8, 4) is 5.69 Å². The lowest BCUT2D eigenvalue weighted by molar-refractivity contribution is 0.102. The first kappa shape index (κ1) is 14.3. The molecule has 1 heterocycles. The van der Waals surface area contributed by atoms with Crippen LogP contribution in [0.2, 0.25) is 5.02 Å². The molecule has 3 rings (SSSR count). The Hall–Kier alpha value is -2.66. The number of benzene rings is 2. The molecule has 1 aromatic heterocycles. The van der Waals surface area contributed by atoms with E-state index in [9.17, 15) is 9.18 Å². The SMILES string of the molecule is O=C(Nc1ccc(F)cc1Cl)c1cnn(-c2ccccc2)c1. The van der Waals surface area contributed by atoms with Crippen molar-refractivity contribution < 1.29 is 9.18 Å². The summed E-state index contributed by atoms with van der Waals surface area (Å²) < 4.78 is 14.6. The molecule has 4 nitrogen and oxygen atoms in total. The number of hydrogen-bond acceptors (Lipinski definition) is 2. The van der Waals surface area contributed by atoms with Gasteiger partial charge in [-0.05, 0) is 30.3 Å². The fourth-order valence-electron chi connectivity index (χ4n) is 1.95. The van der Waals surface area contributed by atoms with Gasteiger partial charge in [0.1, 0.15) is 5.82 Å². The molecule has 1 amide bonds. The van der Waals surface area contributed by atoms with Gasteiger partial charge >= 0.3 is 0 Å². The summed E-state index contributed by atoms with van der Waals surface area (Å²) in [7, 11) is 0. The second-order valence-corrected chi connectivity index (χ2v) is 4.99. The Balaban J connectivity index is 1.80. The van der Waals surface area contributed by atoms with Crippen molar-refractivity contribution in [1.82, 2.24) is 9.78 Å². The molecule has 0 radical (unpaired) electrons. The zero-order valence-corrected chi connectivity index (χ0v) is 12.1. The van der Waals surface area contributed by atoms with E-state index in [0.717, 1.165) is 11.8 Å². The molecule has 0 aliphatic rings. The number of nitrogens with one attached hydrogen (secondary N) is 1. The van der Waals surface area contributed by atoms with Crippen molar-refractivity contribution in [2.45, 2.75) is 0 Å². The number of anilines is 1. The summed E-state index contributed by atoms with van der Waals surface area (Å²) in [5.41, 5.74) is 1.58. The van der Waals surface area contributed by atoms with Crippen molar-refractivity contribution in [2.75, 3.05) is 5.32 Å². The monoisotopic (exact) mass is 315 g/mol. The standard InChI is InChI=1S/C16H11ClFN3O/c17-14-8-12(18)6-7-15(14)20-16(22)11-9-19-21(10-11)13-4-2-1-3-5-13/h1-10H,(H,20,22). The summed E-state index contributed by atoms with van der Waals surface area (Å²) >= 11 is 5.89. The van der Waals surface area contributed by atoms with Crippen LogP contribution in [0.15, 0.2) is 60.9 Å². The van der Waals surface area contributed by atoms with Crippen molar-refractivity contribution in [1.29, 1.82) is 0 Å². The molecule has 22 heavy (non-hydrogen) atoms. The van der Waals surface area contributed by atoms with E-state index in [1.165, 1.54) is 18.3 Å². The first-order chi connectivity index (χ1) is 10.6. The maximum Gasteiger partial charge on any atom is 0.258 e. The van der Waals surface area contributed by atoms with Gasteiger partial charge in [-0.25, -0.2) is 9.07 Å². The maximum absolute atomic E-state index is 13.0. The fourth-order valence-corrected chi connectivity index (χ4v) is 2.16. The number of nitrogens with zero attached hydrogens (tertiary/aromatic N) is 2. The quantitative estimate of drug-likeness (QED) is 0.796. The number of para-hydroxylation sites is 1. The molecule has 6 heteroatoms. The minimum Gasteiger partial charge on any atom is -0.321 e. The first-order valence-corrected chi connectivity index (χ1v) is 6.88. The number of rotatable bonds is 3. The van der Waals surface area contributed by atoms with Crippen LogP contribution in [0.1, 0.15) is 10.4 Å². The van der Waals surface area contributed by atoms with Crippen molar-refractivity contribution in [3.05, 3.63) is 77.3 Å². The third-order valence-electron chi connectivity index (χ3n) is 3.04. The number of halogens is 2. The smallest absolute Gasteiger partial charge is 0.258 e. The van der Waals surface area contributed by atoms with Gasteiger partial charge in [0.05, 0.1) is 28.2 Å². The molecule has 110 valence electrons. The third kappa shape index (κ3) is 2.99. The van der Waals surface area contributed by atoms with Crippen molar-refractivity contribution >= 4 is 23.2 Å². The zero-order chi connectivity index (χ0) is 15.5. The van der Waals surface area contributed by atoms with E-state index >= 15 is 0 Å². The van der Waals surface area contributed by atoms with Crippen molar-refractivity contribution in [2.24, 2.45) is 0 Å². The topological polar surface area (TPSA) is 46.9 Å². The molecule has 0 unspecified atom stereocenters. The summed E-state index contributed by atoms with van der Waals surface area (Å²) in [6, 6.07) is 13.2. The van der Waals surface area contributed by atoms with Gasteiger partial charge < -0.3 is 5.32 Å². The number of aromatic nitrogens is 2. The Labute approximate surface area is 131 Å². The van der Waals surface area contributed by atoms with Gasteiger partial charge in [0, 0.05) is 6.20 Å². The predicted molar refractivity (Wildman–Crippen MR) is 82.9 cm³/mol. The Bertz CT molecular complexity index is 817. The third-order valence-corrected chi connectivity index (χ3v) is 3.36. The van der Waals surface area contributed by atoms with Crippen LogP contribution in [-0.2, 0) is 0 Å². The second kappa shape index (κ2) is 5.99. The van der Waals surface area contributed by atoms with Crippen LogP contribution in [0.4, 0.5) is 10.1 Å². The highest BCUT2D eigenvalue weighted by atomic mass is 35.5. The average molecular weight is 316 g/mol. The molecule has 0 aliphatic carbocycles. The maximum atomic E-state index is 13.0. The van der Waals surface area contributed by atoms with E-state index in [4.69, 9.17) is 11.6 Å². The van der Waals surface area contributed by atoms with E-state index in [1.54, 1.807) is 10.9 Å². The second-order valence-electron chi connectivity index (χ2n) is 4.59. The van der Waals surface area contributed by atoms with Gasteiger partial charge in [-0.2, -0.15) is 5.10 Å². The Morgan fingerprint density at radius 3 is 2.68 bits per heavy atom. The number of carbonyl (C=O) groups is 1. The van der Waals surface area contributed by atoms with Crippen LogP contribution in [0.3, 0.4) is 0 Å². The molecule has 2 aromatic carbocycles. The van der Waals surface area contributed by atoms with Crippen LogP contribution in [0.5, 0.6) is 0 Å². The Kier molecular flexibility index (Phi) is 3.89. The minimum atomic E-state index is -0.458. The lowest BCUT2D eigenvalue weighted by Crippen LogP contribution is -2.11. The first-order valence-electron chi connectivity index (χ1n) is 6.50. The lowest BCUT2D eigenvalue weighted by atomic mass is 10.2. The molecule has 0 bridgehead atoms. The van der Waals surface area contributed by atoms with Gasteiger partial charge in [-0.15, -0.1) is 0 Å². The van der Waals surface area contributed by atoms with Gasteiger partial charge in [0.2, 0.25) is 0 Å². The Morgan fingerprint density at radius 1 is 1.18 bits per heavy atom. The highest BCUT2D eigenvalue weighted by molar-refractivity contribution is 6.33. The molecule has 3 aromatic rings. The number of carbonyl (C=O) groups excluding carboxylic acids is 1.